The first-order valence-electron chi connectivity index (χ1n) is 37.1. The minimum absolute atomic E-state index is 0.143. The average molecular weight is 1810 g/mol. The minimum atomic E-state index is -0.143. The Kier molecular flexibility index (Phi) is 27.2. The Balaban J connectivity index is 0.000000126. The highest BCUT2D eigenvalue weighted by molar-refractivity contribution is 14.1. The Morgan fingerprint density at radius 3 is 1.10 bits per heavy atom. The minimum Gasteiger partial charge on any atom is -0.398 e. The van der Waals surface area contributed by atoms with E-state index < -0.39 is 0 Å². The molecule has 3 N–H and O–H groups in total. The first-order valence-corrected chi connectivity index (χ1v) is 41.3. The molecule has 0 unspecified atom stereocenters. The number of carbonyl (C=O) groups excluding carboxylic acids is 1. The predicted molar refractivity (Wildman–Crippen MR) is 506 cm³/mol. The van der Waals surface area contributed by atoms with Gasteiger partial charge < -0.3 is 11.1 Å². The molecule has 0 aliphatic heterocycles. The van der Waals surface area contributed by atoms with E-state index in [0.717, 1.165) is 136 Å². The number of nitrogens with two attached hydrogens (primary N) is 1. The quantitative estimate of drug-likeness (QED) is 0.0728. The number of pyridine rings is 1. The third-order valence-corrected chi connectivity index (χ3v) is 23.4. The van der Waals surface area contributed by atoms with E-state index in [2.05, 4.69) is 242 Å². The zero-order chi connectivity index (χ0) is 79.4. The van der Waals surface area contributed by atoms with Crippen LogP contribution < -0.4 is 11.1 Å². The molecule has 0 saturated carbocycles. The summed E-state index contributed by atoms with van der Waals surface area (Å²) in [5.74, 6) is -0.143. The second-order valence-corrected chi connectivity index (χ2v) is 31.4. The lowest BCUT2D eigenvalue weighted by atomic mass is 9.92. The molecule has 11 heteroatoms. The van der Waals surface area contributed by atoms with Gasteiger partial charge in [-0.2, -0.15) is 0 Å². The fourth-order valence-corrected chi connectivity index (χ4v) is 15.3. The number of hydrogen-bond donors (Lipinski definition) is 2. The first-order chi connectivity index (χ1) is 56.3. The predicted octanol–water partition coefficient (Wildman–Crippen LogP) is 32.4. The summed E-state index contributed by atoms with van der Waals surface area (Å²) in [7, 11) is 0. The topological polar surface area (TPSA) is 68.0 Å². The lowest BCUT2D eigenvalue weighted by Crippen LogP contribution is -2.12. The second-order valence-electron chi connectivity index (χ2n) is 26.8. The standard InChI is InChI=1S/C31H22ClNO.C31H20ClN.C24H18ClN.C12H8BrCl.C6H4BrI/c32-26-18-15-23(16-19-26)27-13-7-8-14-28(27)29-20-17-25(22-9-3-1-4-10-22)21-30(29)33-31(34)24-11-5-2-6-12-24;32-25-17-14-22(15-18-25)26-12-7-13-28-30(26)27-19-16-24(21-8-3-1-4-9-21)20-29(27)33-31(28)23-10-5-2-6-11-23;25-20-13-10-18(11-14-20)21-8-4-5-9-22(21)23-15-12-19(16-24(23)26)17-6-2-1-3-7-17;13-12-4-2-1-3-11(12)9-5-7-10(14)8-6-9;7-5-3-1-2-4-6(5)8/h1-21H,(H,33,34);1-20H;1-16H,26H2;1-8H;1-4H. The van der Waals surface area contributed by atoms with Gasteiger partial charge in [-0.3, -0.25) is 4.79 Å². The SMILES string of the molecule is Brc1ccccc1I.Clc1ccc(-c2cccc3c(-c4ccccc4)nc4cc(-c5ccccc5)ccc4c23)cc1.Clc1ccc(-c2ccccc2Br)cc1.Nc1cc(-c2ccccc2)ccc1-c1ccccc1-c1ccc(Cl)cc1.O=C(Nc1cc(-c2ccccc2)ccc1-c1ccccc1-c1ccc(Cl)cc1)c1ccccc1. The summed E-state index contributed by atoms with van der Waals surface area (Å²) in [5.41, 5.74) is 31.7. The monoisotopic (exact) mass is 1800 g/mol. The van der Waals surface area contributed by atoms with Crippen molar-refractivity contribution < 1.29 is 4.79 Å². The molecule has 18 aromatic rings. The zero-order valence-electron chi connectivity index (χ0n) is 61.9. The molecule has 0 radical (unpaired) electrons. The van der Waals surface area contributed by atoms with Crippen LogP contribution in [0.3, 0.4) is 0 Å². The van der Waals surface area contributed by atoms with E-state index in [-0.39, 0.29) is 5.91 Å². The Bertz CT molecular complexity index is 6310. The maximum absolute atomic E-state index is 13.1. The number of carbonyl (C=O) groups is 1. The van der Waals surface area contributed by atoms with Crippen molar-refractivity contribution in [1.29, 1.82) is 0 Å². The largest absolute Gasteiger partial charge is 0.398 e. The van der Waals surface area contributed by atoms with Crippen LogP contribution in [0.4, 0.5) is 11.4 Å². The molecule has 18 rings (SSSR count). The molecule has 0 aliphatic rings. The van der Waals surface area contributed by atoms with E-state index in [1.807, 2.05) is 237 Å². The fourth-order valence-electron chi connectivity index (χ4n) is 13.6. The maximum Gasteiger partial charge on any atom is 0.255 e. The van der Waals surface area contributed by atoms with Gasteiger partial charge in [-0.05, 0) is 225 Å². The van der Waals surface area contributed by atoms with Crippen LogP contribution in [0, 0.1) is 3.57 Å². The number of anilines is 2. The van der Waals surface area contributed by atoms with E-state index in [1.165, 1.54) is 35.7 Å². The van der Waals surface area contributed by atoms with E-state index in [0.29, 0.717) is 10.6 Å². The number of benzene rings is 17. The van der Waals surface area contributed by atoms with Gasteiger partial charge in [0.1, 0.15) is 0 Å². The second kappa shape index (κ2) is 39.0. The normalized spacial score (nSPS) is 10.6. The fraction of sp³-hybridized carbons (Fsp3) is 0. The summed E-state index contributed by atoms with van der Waals surface area (Å²) >= 11 is 33.4. The van der Waals surface area contributed by atoms with E-state index in [1.54, 1.807) is 0 Å². The number of fused-ring (bicyclic) bond motifs is 3. The van der Waals surface area contributed by atoms with Crippen LogP contribution in [-0.2, 0) is 0 Å². The summed E-state index contributed by atoms with van der Waals surface area (Å²) in [6, 6.07) is 141. The van der Waals surface area contributed by atoms with Crippen LogP contribution >= 0.6 is 101 Å². The number of rotatable bonds is 12. The summed E-state index contributed by atoms with van der Waals surface area (Å²) in [4.78, 5) is 18.3. The molecule has 1 amide bonds. The van der Waals surface area contributed by atoms with Crippen LogP contribution in [0.2, 0.25) is 20.1 Å². The molecule has 115 heavy (non-hydrogen) atoms. The molecule has 558 valence electrons. The molecule has 1 heterocycles. The molecule has 0 aliphatic carbocycles. The average Bonchev–Trinajstić information content (AvgIpc) is 0.742. The number of hydrogen-bond acceptors (Lipinski definition) is 3. The molecule has 0 atom stereocenters. The van der Waals surface area contributed by atoms with E-state index >= 15 is 0 Å². The van der Waals surface area contributed by atoms with Crippen LogP contribution in [0.5, 0.6) is 0 Å². The van der Waals surface area contributed by atoms with Crippen LogP contribution in [0.15, 0.2) is 428 Å². The molecule has 0 saturated heterocycles. The Morgan fingerprint density at radius 2 is 0.643 bits per heavy atom. The molecule has 17 aromatic carbocycles. The van der Waals surface area contributed by atoms with Crippen LogP contribution in [0.1, 0.15) is 10.4 Å². The summed E-state index contributed by atoms with van der Waals surface area (Å²) in [6.07, 6.45) is 0. The van der Waals surface area contributed by atoms with Gasteiger partial charge >= 0.3 is 0 Å². The number of aromatic nitrogens is 1. The highest BCUT2D eigenvalue weighted by atomic mass is 127. The van der Waals surface area contributed by atoms with Gasteiger partial charge in [0.15, 0.2) is 0 Å². The number of halogens is 7. The van der Waals surface area contributed by atoms with Crippen LogP contribution in [0.25, 0.3) is 133 Å². The van der Waals surface area contributed by atoms with Crippen molar-refractivity contribution in [2.45, 2.75) is 0 Å². The Labute approximate surface area is 722 Å². The third kappa shape index (κ3) is 20.4. The van der Waals surface area contributed by atoms with Crippen molar-refractivity contribution in [3.63, 3.8) is 0 Å². The van der Waals surface area contributed by atoms with E-state index in [9.17, 15) is 4.79 Å². The van der Waals surface area contributed by atoms with Gasteiger partial charge in [0.05, 0.1) is 11.2 Å². The number of nitrogens with one attached hydrogen (secondary N) is 1. The van der Waals surface area contributed by atoms with Gasteiger partial charge in [0.2, 0.25) is 0 Å². The van der Waals surface area contributed by atoms with Crippen LogP contribution in [-0.4, -0.2) is 10.9 Å². The molecule has 4 nitrogen and oxygen atoms in total. The summed E-state index contributed by atoms with van der Waals surface area (Å²) < 4.78 is 3.52. The highest BCUT2D eigenvalue weighted by Crippen LogP contribution is 2.43. The number of amides is 1. The highest BCUT2D eigenvalue weighted by Gasteiger charge is 2.19. The van der Waals surface area contributed by atoms with Crippen molar-refractivity contribution in [3.8, 4) is 111 Å². The smallest absolute Gasteiger partial charge is 0.255 e. The van der Waals surface area contributed by atoms with Gasteiger partial charge in [-0.1, -0.05) is 384 Å². The van der Waals surface area contributed by atoms with Crippen molar-refractivity contribution in [2.24, 2.45) is 0 Å². The first kappa shape index (κ1) is 80.1. The van der Waals surface area contributed by atoms with Crippen molar-refractivity contribution in [2.75, 3.05) is 11.1 Å². The Hall–Kier alpha value is -11.5. The third-order valence-electron chi connectivity index (χ3n) is 19.3. The lowest BCUT2D eigenvalue weighted by Gasteiger charge is -2.17. The zero-order valence-corrected chi connectivity index (χ0v) is 70.3. The van der Waals surface area contributed by atoms with Crippen molar-refractivity contribution in [3.05, 3.63) is 457 Å². The summed E-state index contributed by atoms with van der Waals surface area (Å²) in [6.45, 7) is 0. The van der Waals surface area contributed by atoms with Crippen molar-refractivity contribution >= 4 is 140 Å². The molecule has 0 spiro atoms. The molecule has 1 aromatic heterocycles. The maximum atomic E-state index is 13.1. The summed E-state index contributed by atoms with van der Waals surface area (Å²) in [5, 5.41) is 9.61. The molecule has 0 fully saturated rings. The molecular weight excluding hydrogens is 1740 g/mol. The lowest BCUT2D eigenvalue weighted by molar-refractivity contribution is 0.102. The van der Waals surface area contributed by atoms with Gasteiger partial charge in [0.25, 0.3) is 5.91 Å². The van der Waals surface area contributed by atoms with Gasteiger partial charge in [0, 0.05) is 82.4 Å². The number of nitrogens with zero attached hydrogens (tertiary/aromatic N) is 1. The van der Waals surface area contributed by atoms with Gasteiger partial charge in [-0.15, -0.1) is 0 Å². The molecule has 0 bridgehead atoms. The van der Waals surface area contributed by atoms with Gasteiger partial charge in [-0.25, -0.2) is 4.98 Å². The molecular formula is C104H72Br2Cl4IN3O. The number of nitrogen functional groups attached to an aromatic ring is 1. The van der Waals surface area contributed by atoms with E-state index in [4.69, 9.17) is 57.1 Å². The Morgan fingerprint density at radius 1 is 0.287 bits per heavy atom. The van der Waals surface area contributed by atoms with Crippen molar-refractivity contribution in [1.82, 2.24) is 4.98 Å².